The number of nitrogen functional groups attached to an aromatic ring is 1. The largest absolute Gasteiger partial charge is 0.483 e. The molecule has 2 aromatic rings. The van der Waals surface area contributed by atoms with E-state index in [0.29, 0.717) is 11.3 Å². The topological polar surface area (TPSA) is 114 Å². The van der Waals surface area contributed by atoms with Crippen molar-refractivity contribution in [2.45, 2.75) is 44.8 Å². The monoisotopic (exact) mass is 431 g/mol. The first kappa shape index (κ1) is 22.2. The van der Waals surface area contributed by atoms with E-state index < -0.39 is 30.3 Å². The molecule has 31 heavy (non-hydrogen) atoms. The van der Waals surface area contributed by atoms with Gasteiger partial charge in [0.05, 0.1) is 17.8 Å². The summed E-state index contributed by atoms with van der Waals surface area (Å²) in [6.45, 7) is 4.23. The molecule has 1 aliphatic heterocycles. The first-order valence-corrected chi connectivity index (χ1v) is 9.63. The maximum Gasteiger partial charge on any atom is 0.410 e. The van der Waals surface area contributed by atoms with Crippen LogP contribution in [0, 0.1) is 11.3 Å². The molecule has 2 heterocycles. The molecular weight excluding hydrogens is 408 g/mol. The lowest BCUT2D eigenvalue weighted by Gasteiger charge is -2.38. The lowest BCUT2D eigenvalue weighted by atomic mass is 10.0. The Morgan fingerprint density at radius 2 is 2.06 bits per heavy atom. The first-order valence-electron chi connectivity index (χ1n) is 9.63. The van der Waals surface area contributed by atoms with E-state index in [2.05, 4.69) is 9.97 Å². The van der Waals surface area contributed by atoms with Crippen LogP contribution in [0.1, 0.15) is 32.8 Å². The Balaban J connectivity index is 1.75. The molecule has 8 nitrogen and oxygen atoms in total. The Morgan fingerprint density at radius 3 is 2.68 bits per heavy atom. The molecule has 0 radical (unpaired) electrons. The van der Waals surface area contributed by atoms with Crippen LogP contribution >= 0.6 is 0 Å². The van der Waals surface area contributed by atoms with Gasteiger partial charge in [0.2, 0.25) is 0 Å². The van der Waals surface area contributed by atoms with Gasteiger partial charge in [-0.1, -0.05) is 0 Å². The summed E-state index contributed by atoms with van der Waals surface area (Å²) < 4.78 is 40.2. The second-order valence-electron chi connectivity index (χ2n) is 8.21. The molecule has 0 bridgehead atoms. The van der Waals surface area contributed by atoms with Gasteiger partial charge in [-0.2, -0.15) is 5.26 Å². The maximum atomic E-state index is 14.7. The molecule has 1 aromatic carbocycles. The number of halogens is 2. The summed E-state index contributed by atoms with van der Waals surface area (Å²) in [4.78, 5) is 21.0. The Bertz CT molecular complexity index is 1020. The number of aromatic nitrogens is 2. The standard InChI is InChI=1S/C21H23F2N5O3/c1-20(2,3)31-19(29)28-7-6-17(21(22,23)11-28)30-16-5-4-13(8-14(16)10-24)15-9-18(25)27-12-26-15/h4-5,8-9,12,17H,6-7,11H2,1-3H3,(H2,25,26,27). The summed E-state index contributed by atoms with van der Waals surface area (Å²) in [6, 6.07) is 8.04. The molecule has 1 unspecified atom stereocenters. The van der Waals surface area contributed by atoms with Crippen LogP contribution < -0.4 is 10.5 Å². The molecule has 3 rings (SSSR count). The van der Waals surface area contributed by atoms with Crippen LogP contribution in [0.3, 0.4) is 0 Å². The quantitative estimate of drug-likeness (QED) is 0.789. The predicted octanol–water partition coefficient (Wildman–Crippen LogP) is 3.62. The van der Waals surface area contributed by atoms with Gasteiger partial charge in [0.25, 0.3) is 0 Å². The highest BCUT2D eigenvalue weighted by molar-refractivity contribution is 5.68. The molecule has 1 fully saturated rings. The average Bonchev–Trinajstić information content (AvgIpc) is 2.68. The lowest BCUT2D eigenvalue weighted by Crippen LogP contribution is -2.56. The van der Waals surface area contributed by atoms with Crippen LogP contribution in [0.25, 0.3) is 11.3 Å². The Labute approximate surface area is 178 Å². The third kappa shape index (κ3) is 5.36. The zero-order valence-electron chi connectivity index (χ0n) is 17.4. The minimum absolute atomic E-state index is 0.0312. The number of ether oxygens (including phenoxy) is 2. The van der Waals surface area contributed by atoms with Gasteiger partial charge < -0.3 is 20.1 Å². The predicted molar refractivity (Wildman–Crippen MR) is 108 cm³/mol. The van der Waals surface area contributed by atoms with Gasteiger partial charge in [-0.15, -0.1) is 0 Å². The minimum Gasteiger partial charge on any atom is -0.483 e. The zero-order chi connectivity index (χ0) is 22.8. The Kier molecular flexibility index (Phi) is 5.97. The van der Waals surface area contributed by atoms with Crippen molar-refractivity contribution in [3.63, 3.8) is 0 Å². The van der Waals surface area contributed by atoms with Crippen LogP contribution in [-0.4, -0.2) is 51.7 Å². The van der Waals surface area contributed by atoms with Crippen molar-refractivity contribution in [2.24, 2.45) is 0 Å². The van der Waals surface area contributed by atoms with Crippen molar-refractivity contribution in [3.05, 3.63) is 36.2 Å². The number of hydrogen-bond donors (Lipinski definition) is 1. The van der Waals surface area contributed by atoms with E-state index in [9.17, 15) is 18.8 Å². The zero-order valence-corrected chi connectivity index (χ0v) is 17.4. The highest BCUT2D eigenvalue weighted by Crippen LogP contribution is 2.34. The molecule has 164 valence electrons. The van der Waals surface area contributed by atoms with Crippen LogP contribution in [-0.2, 0) is 4.74 Å². The number of alkyl halides is 2. The highest BCUT2D eigenvalue weighted by Gasteiger charge is 2.48. The Hall–Kier alpha value is -3.48. The number of nitriles is 1. The fourth-order valence-electron chi connectivity index (χ4n) is 3.11. The van der Waals surface area contributed by atoms with Crippen molar-refractivity contribution < 1.29 is 23.0 Å². The number of carbonyl (C=O) groups is 1. The molecule has 0 aliphatic carbocycles. The molecule has 2 N–H and O–H groups in total. The smallest absolute Gasteiger partial charge is 0.410 e. The van der Waals surface area contributed by atoms with Crippen molar-refractivity contribution in [2.75, 3.05) is 18.8 Å². The summed E-state index contributed by atoms with van der Waals surface area (Å²) in [6.07, 6.45) is -1.10. The third-order valence-electron chi connectivity index (χ3n) is 4.54. The van der Waals surface area contributed by atoms with Gasteiger partial charge in [0, 0.05) is 24.6 Å². The molecule has 0 spiro atoms. The first-order chi connectivity index (χ1) is 14.5. The number of piperidine rings is 1. The van der Waals surface area contributed by atoms with Crippen molar-refractivity contribution in [1.29, 1.82) is 5.26 Å². The molecule has 1 aromatic heterocycles. The van der Waals surface area contributed by atoms with E-state index in [1.54, 1.807) is 26.8 Å². The molecule has 1 atom stereocenters. The molecule has 10 heteroatoms. The molecular formula is C21H23F2N5O3. The van der Waals surface area contributed by atoms with Crippen LogP contribution in [0.2, 0.25) is 0 Å². The van der Waals surface area contributed by atoms with Gasteiger partial charge in [0.1, 0.15) is 29.6 Å². The number of amides is 1. The minimum atomic E-state index is -3.32. The summed E-state index contributed by atoms with van der Waals surface area (Å²) in [5.74, 6) is -3.02. The second-order valence-corrected chi connectivity index (χ2v) is 8.21. The van der Waals surface area contributed by atoms with Gasteiger partial charge in [0.15, 0.2) is 6.10 Å². The summed E-state index contributed by atoms with van der Waals surface area (Å²) >= 11 is 0. The number of rotatable bonds is 3. The van der Waals surface area contributed by atoms with Crippen LogP contribution in [0.5, 0.6) is 5.75 Å². The number of benzene rings is 1. The van der Waals surface area contributed by atoms with E-state index in [1.165, 1.54) is 24.5 Å². The van der Waals surface area contributed by atoms with Crippen molar-refractivity contribution in [3.8, 4) is 23.1 Å². The van der Waals surface area contributed by atoms with Crippen molar-refractivity contribution >= 4 is 11.9 Å². The number of carbonyl (C=O) groups excluding carboxylic acids is 1. The van der Waals surface area contributed by atoms with E-state index in [0.717, 1.165) is 4.90 Å². The van der Waals surface area contributed by atoms with E-state index in [1.807, 2.05) is 6.07 Å². The molecule has 1 saturated heterocycles. The van der Waals surface area contributed by atoms with Gasteiger partial charge in [-0.25, -0.2) is 23.5 Å². The summed E-state index contributed by atoms with van der Waals surface area (Å²) in [5, 5.41) is 9.48. The van der Waals surface area contributed by atoms with Crippen LogP contribution in [0.4, 0.5) is 19.4 Å². The normalized spacial score (nSPS) is 18.2. The number of hydrogen-bond acceptors (Lipinski definition) is 7. The fourth-order valence-corrected chi connectivity index (χ4v) is 3.11. The fraction of sp³-hybridized carbons (Fsp3) is 0.429. The maximum absolute atomic E-state index is 14.7. The second kappa shape index (κ2) is 8.34. The lowest BCUT2D eigenvalue weighted by molar-refractivity contribution is -0.137. The highest BCUT2D eigenvalue weighted by atomic mass is 19.3. The van der Waals surface area contributed by atoms with E-state index >= 15 is 0 Å². The summed E-state index contributed by atoms with van der Waals surface area (Å²) in [7, 11) is 0. The van der Waals surface area contributed by atoms with Gasteiger partial charge >= 0.3 is 12.0 Å². The van der Waals surface area contributed by atoms with Crippen molar-refractivity contribution in [1.82, 2.24) is 14.9 Å². The van der Waals surface area contributed by atoms with Gasteiger partial charge in [-0.3, -0.25) is 0 Å². The Morgan fingerprint density at radius 1 is 1.32 bits per heavy atom. The van der Waals surface area contributed by atoms with Crippen LogP contribution in [0.15, 0.2) is 30.6 Å². The number of anilines is 1. The van der Waals surface area contributed by atoms with E-state index in [4.69, 9.17) is 15.2 Å². The van der Waals surface area contributed by atoms with Gasteiger partial charge in [-0.05, 0) is 39.0 Å². The molecule has 1 aliphatic rings. The average molecular weight is 431 g/mol. The number of nitrogens with zero attached hydrogens (tertiary/aromatic N) is 4. The third-order valence-corrected chi connectivity index (χ3v) is 4.54. The SMILES string of the molecule is CC(C)(C)OC(=O)N1CCC(Oc2ccc(-c3cc(N)ncn3)cc2C#N)C(F)(F)C1. The van der Waals surface area contributed by atoms with E-state index in [-0.39, 0.29) is 30.1 Å². The number of likely N-dealkylation sites (tertiary alicyclic amines) is 1. The molecule has 1 amide bonds. The summed E-state index contributed by atoms with van der Waals surface area (Å²) in [5.41, 5.74) is 6.02. The molecule has 0 saturated carbocycles. The number of nitrogens with two attached hydrogens (primary N) is 1.